The van der Waals surface area contributed by atoms with Crippen molar-refractivity contribution in [1.29, 1.82) is 0 Å². The van der Waals surface area contributed by atoms with Gasteiger partial charge < -0.3 is 9.30 Å². The van der Waals surface area contributed by atoms with Gasteiger partial charge in [-0.1, -0.05) is 35.9 Å². The molecule has 0 unspecified atom stereocenters. The second-order valence-electron chi connectivity index (χ2n) is 4.62. The first-order valence-corrected chi connectivity index (χ1v) is 6.64. The molecule has 0 saturated carbocycles. The Labute approximate surface area is 121 Å². The topological polar surface area (TPSA) is 14.2 Å². The first-order chi connectivity index (χ1) is 9.66. The molecule has 0 spiro atoms. The molecule has 2 nitrogen and oxygen atoms in total. The average Bonchev–Trinajstić information content (AvgIpc) is 2.76. The zero-order chi connectivity index (χ0) is 14.1. The fourth-order valence-corrected chi connectivity index (χ4v) is 2.64. The summed E-state index contributed by atoms with van der Waals surface area (Å²) in [6, 6.07) is 12.1. The van der Waals surface area contributed by atoms with Crippen molar-refractivity contribution < 1.29 is 9.13 Å². The van der Waals surface area contributed by atoms with Gasteiger partial charge in [-0.3, -0.25) is 0 Å². The van der Waals surface area contributed by atoms with Gasteiger partial charge in [0.15, 0.2) is 11.6 Å². The van der Waals surface area contributed by atoms with Crippen LogP contribution in [0.3, 0.4) is 0 Å². The number of hydrogen-bond donors (Lipinski definition) is 0. The molecule has 0 radical (unpaired) electrons. The Kier molecular flexibility index (Phi) is 3.36. The average molecular weight is 290 g/mol. The van der Waals surface area contributed by atoms with Crippen LogP contribution in [0.1, 0.15) is 5.56 Å². The number of ether oxygens (including phenoxy) is 1. The number of hydrogen-bond acceptors (Lipinski definition) is 1. The smallest absolute Gasteiger partial charge is 0.165 e. The van der Waals surface area contributed by atoms with Crippen molar-refractivity contribution >= 4 is 22.5 Å². The molecule has 0 aliphatic rings. The van der Waals surface area contributed by atoms with Gasteiger partial charge in [0.05, 0.1) is 10.5 Å². The van der Waals surface area contributed by atoms with E-state index in [-0.39, 0.29) is 11.6 Å². The maximum absolute atomic E-state index is 13.5. The summed E-state index contributed by atoms with van der Waals surface area (Å²) in [6.45, 7) is 0.304. The molecule has 0 aliphatic heterocycles. The lowest BCUT2D eigenvalue weighted by Crippen LogP contribution is -1.96. The number of rotatable bonds is 3. The summed E-state index contributed by atoms with van der Waals surface area (Å²) in [6.07, 6.45) is 1.96. The minimum atomic E-state index is -0.356. The Morgan fingerprint density at radius 3 is 2.75 bits per heavy atom. The first kappa shape index (κ1) is 13.0. The molecular weight excluding hydrogens is 277 g/mol. The summed E-state index contributed by atoms with van der Waals surface area (Å²) in [4.78, 5) is 0. The van der Waals surface area contributed by atoms with Crippen LogP contribution >= 0.6 is 11.6 Å². The van der Waals surface area contributed by atoms with E-state index in [0.717, 1.165) is 16.5 Å². The molecule has 102 valence electrons. The summed E-state index contributed by atoms with van der Waals surface area (Å²) in [7, 11) is 1.93. The Hall–Kier alpha value is -2.00. The quantitative estimate of drug-likeness (QED) is 0.690. The lowest BCUT2D eigenvalue weighted by Gasteiger charge is -2.06. The molecule has 20 heavy (non-hydrogen) atoms. The largest absolute Gasteiger partial charge is 0.486 e. The zero-order valence-corrected chi connectivity index (χ0v) is 11.7. The molecule has 0 amide bonds. The van der Waals surface area contributed by atoms with E-state index in [4.69, 9.17) is 16.3 Å². The summed E-state index contributed by atoms with van der Waals surface area (Å²) in [5, 5.41) is 1.72. The number of aromatic nitrogens is 1. The molecule has 2 aromatic carbocycles. The van der Waals surface area contributed by atoms with Crippen molar-refractivity contribution in [2.24, 2.45) is 7.05 Å². The highest BCUT2D eigenvalue weighted by Crippen LogP contribution is 2.28. The van der Waals surface area contributed by atoms with Crippen LogP contribution in [0.25, 0.3) is 10.9 Å². The number of fused-ring (bicyclic) bond motifs is 1. The van der Waals surface area contributed by atoms with Gasteiger partial charge in [-0.2, -0.15) is 0 Å². The highest BCUT2D eigenvalue weighted by molar-refractivity contribution is 6.35. The van der Waals surface area contributed by atoms with E-state index in [0.29, 0.717) is 11.6 Å². The lowest BCUT2D eigenvalue weighted by molar-refractivity contribution is 0.291. The normalized spacial score (nSPS) is 10.9. The van der Waals surface area contributed by atoms with Crippen LogP contribution in [0.4, 0.5) is 4.39 Å². The van der Waals surface area contributed by atoms with E-state index < -0.39 is 0 Å². The minimum Gasteiger partial charge on any atom is -0.486 e. The minimum absolute atomic E-state index is 0.256. The highest BCUT2D eigenvalue weighted by atomic mass is 35.5. The third kappa shape index (κ3) is 2.25. The van der Waals surface area contributed by atoms with Gasteiger partial charge in [-0.25, -0.2) is 4.39 Å². The third-order valence-corrected chi connectivity index (χ3v) is 3.56. The number of para-hydroxylation sites is 2. The molecular formula is C16H13ClFNO. The van der Waals surface area contributed by atoms with Gasteiger partial charge in [0, 0.05) is 24.2 Å². The molecule has 4 heteroatoms. The highest BCUT2D eigenvalue weighted by Gasteiger charge is 2.10. The molecule has 0 aliphatic carbocycles. The van der Waals surface area contributed by atoms with Crippen LogP contribution in [-0.2, 0) is 13.7 Å². The van der Waals surface area contributed by atoms with E-state index in [1.807, 2.05) is 36.0 Å². The number of halogens is 2. The van der Waals surface area contributed by atoms with Crippen molar-refractivity contribution in [2.45, 2.75) is 6.61 Å². The van der Waals surface area contributed by atoms with Crippen molar-refractivity contribution in [3.05, 3.63) is 65.1 Å². The van der Waals surface area contributed by atoms with Gasteiger partial charge >= 0.3 is 0 Å². The van der Waals surface area contributed by atoms with Crippen LogP contribution in [-0.4, -0.2) is 4.57 Å². The Bertz CT molecular complexity index is 766. The molecule has 0 bridgehead atoms. The predicted octanol–water partition coefficient (Wildman–Crippen LogP) is 4.55. The van der Waals surface area contributed by atoms with E-state index in [1.54, 1.807) is 18.2 Å². The van der Waals surface area contributed by atoms with Crippen LogP contribution in [0.2, 0.25) is 5.02 Å². The summed E-state index contributed by atoms with van der Waals surface area (Å²) >= 11 is 6.20. The van der Waals surface area contributed by atoms with E-state index in [1.165, 1.54) is 6.07 Å². The maximum Gasteiger partial charge on any atom is 0.165 e. The molecule has 0 N–H and O–H groups in total. The molecule has 0 fully saturated rings. The Balaban J connectivity index is 1.93. The van der Waals surface area contributed by atoms with Gasteiger partial charge in [0.2, 0.25) is 0 Å². The Morgan fingerprint density at radius 2 is 1.95 bits per heavy atom. The first-order valence-electron chi connectivity index (χ1n) is 6.26. The van der Waals surface area contributed by atoms with Crippen LogP contribution in [0.5, 0.6) is 5.75 Å². The fourth-order valence-electron chi connectivity index (χ4n) is 2.33. The van der Waals surface area contributed by atoms with E-state index in [2.05, 4.69) is 0 Å². The second-order valence-corrected chi connectivity index (χ2v) is 5.03. The molecule has 1 heterocycles. The van der Waals surface area contributed by atoms with Gasteiger partial charge in [-0.15, -0.1) is 0 Å². The molecule has 0 saturated heterocycles. The summed E-state index contributed by atoms with van der Waals surface area (Å²) in [5.41, 5.74) is 1.94. The monoisotopic (exact) mass is 289 g/mol. The van der Waals surface area contributed by atoms with Crippen molar-refractivity contribution in [2.75, 3.05) is 0 Å². The van der Waals surface area contributed by atoms with Crippen molar-refractivity contribution in [3.63, 3.8) is 0 Å². The second kappa shape index (κ2) is 5.17. The van der Waals surface area contributed by atoms with Gasteiger partial charge in [-0.05, 0) is 18.2 Å². The van der Waals surface area contributed by atoms with E-state index >= 15 is 0 Å². The number of aryl methyl sites for hydroxylation is 1. The number of nitrogens with zero attached hydrogens (tertiary/aromatic N) is 1. The van der Waals surface area contributed by atoms with Crippen LogP contribution < -0.4 is 4.74 Å². The fraction of sp³-hybridized carbons (Fsp3) is 0.125. The summed E-state index contributed by atoms with van der Waals surface area (Å²) < 4.78 is 21.0. The van der Waals surface area contributed by atoms with Crippen molar-refractivity contribution in [3.8, 4) is 5.75 Å². The lowest BCUT2D eigenvalue weighted by atomic mass is 10.2. The molecule has 0 atom stereocenters. The maximum atomic E-state index is 13.5. The van der Waals surface area contributed by atoms with E-state index in [9.17, 15) is 4.39 Å². The predicted molar refractivity (Wildman–Crippen MR) is 78.7 cm³/mol. The molecule has 3 aromatic rings. The van der Waals surface area contributed by atoms with Crippen molar-refractivity contribution in [1.82, 2.24) is 4.57 Å². The zero-order valence-electron chi connectivity index (χ0n) is 10.9. The Morgan fingerprint density at radius 1 is 1.15 bits per heavy atom. The van der Waals surface area contributed by atoms with Gasteiger partial charge in [0.1, 0.15) is 6.61 Å². The molecule has 1 aromatic heterocycles. The van der Waals surface area contributed by atoms with Crippen LogP contribution in [0.15, 0.2) is 48.7 Å². The SMILES string of the molecule is Cn1cc(COc2ccccc2F)c2cccc(Cl)c21. The molecule has 3 rings (SSSR count). The number of benzene rings is 2. The van der Waals surface area contributed by atoms with Crippen LogP contribution in [0, 0.1) is 5.82 Å². The van der Waals surface area contributed by atoms with Gasteiger partial charge in [0.25, 0.3) is 0 Å². The standard InChI is InChI=1S/C16H13ClFNO/c1-19-9-11(12-5-4-6-13(17)16(12)19)10-20-15-8-3-2-7-14(15)18/h2-9H,10H2,1H3. The third-order valence-electron chi connectivity index (χ3n) is 3.25. The summed E-state index contributed by atoms with van der Waals surface area (Å²) in [5.74, 6) is -0.0997.